The highest BCUT2D eigenvalue weighted by atomic mass is 32.2. The van der Waals surface area contributed by atoms with E-state index in [1.807, 2.05) is 31.2 Å². The van der Waals surface area contributed by atoms with Crippen molar-refractivity contribution in [2.45, 2.75) is 19.1 Å². The molecule has 0 aliphatic rings. The predicted molar refractivity (Wildman–Crippen MR) is 88.4 cm³/mol. The number of carbonyl (C=O) groups excluding carboxylic acids is 1. The monoisotopic (exact) mass is 317 g/mol. The molecule has 2 rings (SSSR count). The molecule has 0 aliphatic carbocycles. The standard InChI is InChI=1S/C17H19NO3S/c1-2-15-10-6-7-11-16(15)18-17(19)13-22(20,21)12-14-8-4-3-5-9-14/h3-11H,2,12-13H2,1H3,(H,18,19). The van der Waals surface area contributed by atoms with Crippen molar-refractivity contribution in [1.29, 1.82) is 0 Å². The maximum Gasteiger partial charge on any atom is 0.239 e. The largest absolute Gasteiger partial charge is 0.325 e. The Labute approximate surface area is 131 Å². The van der Waals surface area contributed by atoms with Crippen LogP contribution >= 0.6 is 0 Å². The smallest absolute Gasteiger partial charge is 0.239 e. The molecule has 0 aromatic heterocycles. The van der Waals surface area contributed by atoms with E-state index >= 15 is 0 Å². The van der Waals surface area contributed by atoms with Crippen LogP contribution < -0.4 is 5.32 Å². The Morgan fingerprint density at radius 1 is 1.00 bits per heavy atom. The van der Waals surface area contributed by atoms with E-state index in [2.05, 4.69) is 5.32 Å². The topological polar surface area (TPSA) is 63.2 Å². The average molecular weight is 317 g/mol. The molecule has 1 N–H and O–H groups in total. The van der Waals surface area contributed by atoms with E-state index in [0.717, 1.165) is 12.0 Å². The van der Waals surface area contributed by atoms with Gasteiger partial charge in [0.25, 0.3) is 0 Å². The number of benzene rings is 2. The van der Waals surface area contributed by atoms with Crippen LogP contribution in [0.25, 0.3) is 0 Å². The number of sulfone groups is 1. The molecule has 0 unspecified atom stereocenters. The zero-order chi connectivity index (χ0) is 16.0. The highest BCUT2D eigenvalue weighted by Crippen LogP contribution is 2.15. The van der Waals surface area contributed by atoms with Gasteiger partial charge in [-0.3, -0.25) is 4.79 Å². The van der Waals surface area contributed by atoms with E-state index in [1.165, 1.54) is 0 Å². The number of carbonyl (C=O) groups is 1. The van der Waals surface area contributed by atoms with E-state index in [9.17, 15) is 13.2 Å². The quantitative estimate of drug-likeness (QED) is 0.891. The molecule has 0 spiro atoms. The molecule has 0 aliphatic heterocycles. The molecule has 116 valence electrons. The third-order valence-electron chi connectivity index (χ3n) is 3.25. The number of hydrogen-bond acceptors (Lipinski definition) is 3. The lowest BCUT2D eigenvalue weighted by Gasteiger charge is -2.10. The molecule has 5 heteroatoms. The minimum Gasteiger partial charge on any atom is -0.325 e. The van der Waals surface area contributed by atoms with Gasteiger partial charge in [0.2, 0.25) is 5.91 Å². The van der Waals surface area contributed by atoms with E-state index in [4.69, 9.17) is 0 Å². The van der Waals surface area contributed by atoms with Crippen molar-refractivity contribution in [2.75, 3.05) is 11.1 Å². The van der Waals surface area contributed by atoms with Gasteiger partial charge in [0, 0.05) is 5.69 Å². The van der Waals surface area contributed by atoms with Gasteiger partial charge < -0.3 is 5.32 Å². The number of aryl methyl sites for hydroxylation is 1. The first-order chi connectivity index (χ1) is 10.5. The summed E-state index contributed by atoms with van der Waals surface area (Å²) in [6.07, 6.45) is 0.771. The second-order valence-electron chi connectivity index (χ2n) is 5.08. The molecule has 4 nitrogen and oxygen atoms in total. The van der Waals surface area contributed by atoms with Crippen LogP contribution in [-0.2, 0) is 26.8 Å². The summed E-state index contributed by atoms with van der Waals surface area (Å²) in [4.78, 5) is 12.0. The van der Waals surface area contributed by atoms with Gasteiger partial charge in [0.1, 0.15) is 5.75 Å². The van der Waals surface area contributed by atoms with Crippen LogP contribution in [0, 0.1) is 0 Å². The van der Waals surface area contributed by atoms with Gasteiger partial charge in [-0.1, -0.05) is 55.5 Å². The Kier molecular flexibility index (Phi) is 5.33. The zero-order valence-electron chi connectivity index (χ0n) is 12.5. The second kappa shape index (κ2) is 7.22. The van der Waals surface area contributed by atoms with Gasteiger partial charge in [0.05, 0.1) is 5.75 Å². The first-order valence-electron chi connectivity index (χ1n) is 7.12. The molecule has 0 bridgehead atoms. The van der Waals surface area contributed by atoms with Crippen molar-refractivity contribution >= 4 is 21.4 Å². The van der Waals surface area contributed by atoms with Crippen molar-refractivity contribution in [1.82, 2.24) is 0 Å². The van der Waals surface area contributed by atoms with E-state index in [0.29, 0.717) is 11.3 Å². The lowest BCUT2D eigenvalue weighted by Crippen LogP contribution is -2.24. The minimum atomic E-state index is -3.49. The first kappa shape index (κ1) is 16.2. The Morgan fingerprint density at radius 2 is 1.64 bits per heavy atom. The fourth-order valence-electron chi connectivity index (χ4n) is 2.22. The third-order valence-corrected chi connectivity index (χ3v) is 4.73. The molecule has 22 heavy (non-hydrogen) atoms. The summed E-state index contributed by atoms with van der Waals surface area (Å²) in [5.74, 6) is -1.15. The second-order valence-corrected chi connectivity index (χ2v) is 7.14. The van der Waals surface area contributed by atoms with E-state index in [-0.39, 0.29) is 5.75 Å². The lowest BCUT2D eigenvalue weighted by atomic mass is 10.1. The number of para-hydroxylation sites is 1. The van der Waals surface area contributed by atoms with Gasteiger partial charge in [-0.25, -0.2) is 8.42 Å². The van der Waals surface area contributed by atoms with Gasteiger partial charge in [-0.05, 0) is 23.6 Å². The molecule has 0 saturated heterocycles. The summed E-state index contributed by atoms with van der Waals surface area (Å²) in [7, 11) is -3.49. The van der Waals surface area contributed by atoms with Crippen molar-refractivity contribution in [3.05, 3.63) is 65.7 Å². The van der Waals surface area contributed by atoms with Crippen LogP contribution in [0.5, 0.6) is 0 Å². The van der Waals surface area contributed by atoms with Crippen molar-refractivity contribution in [3.63, 3.8) is 0 Å². The number of hydrogen-bond donors (Lipinski definition) is 1. The van der Waals surface area contributed by atoms with Crippen molar-refractivity contribution < 1.29 is 13.2 Å². The number of anilines is 1. The summed E-state index contributed by atoms with van der Waals surface area (Å²) in [6.45, 7) is 1.98. The molecule has 2 aromatic carbocycles. The average Bonchev–Trinajstić information content (AvgIpc) is 2.47. The van der Waals surface area contributed by atoms with Crippen LogP contribution in [0.1, 0.15) is 18.1 Å². The molecule has 0 atom stereocenters. The Bertz CT molecular complexity index is 740. The van der Waals surface area contributed by atoms with E-state index in [1.54, 1.807) is 30.3 Å². The maximum absolute atomic E-state index is 12.1. The van der Waals surface area contributed by atoms with Crippen molar-refractivity contribution in [3.8, 4) is 0 Å². The van der Waals surface area contributed by atoms with E-state index < -0.39 is 21.5 Å². The minimum absolute atomic E-state index is 0.128. The molecule has 1 amide bonds. The third kappa shape index (κ3) is 4.70. The SMILES string of the molecule is CCc1ccccc1NC(=O)CS(=O)(=O)Cc1ccccc1. The van der Waals surface area contributed by atoms with Crippen LogP contribution in [-0.4, -0.2) is 20.1 Å². The van der Waals surface area contributed by atoms with Crippen LogP contribution in [0.2, 0.25) is 0 Å². The number of amides is 1. The molecule has 0 radical (unpaired) electrons. The molecule has 0 saturated carbocycles. The summed E-state index contributed by atoms with van der Waals surface area (Å²) in [6, 6.07) is 16.3. The highest BCUT2D eigenvalue weighted by Gasteiger charge is 2.18. The Balaban J connectivity index is 2.02. The van der Waals surface area contributed by atoms with Gasteiger partial charge >= 0.3 is 0 Å². The summed E-state index contributed by atoms with van der Waals surface area (Å²) >= 11 is 0. The van der Waals surface area contributed by atoms with Crippen molar-refractivity contribution in [2.24, 2.45) is 0 Å². The maximum atomic E-state index is 12.1. The van der Waals surface area contributed by atoms with Gasteiger partial charge in [-0.15, -0.1) is 0 Å². The first-order valence-corrected chi connectivity index (χ1v) is 8.94. The van der Waals surface area contributed by atoms with Gasteiger partial charge in [-0.2, -0.15) is 0 Å². The van der Waals surface area contributed by atoms with Crippen LogP contribution in [0.15, 0.2) is 54.6 Å². The molecule has 0 heterocycles. The molecule has 2 aromatic rings. The van der Waals surface area contributed by atoms with Gasteiger partial charge in [0.15, 0.2) is 9.84 Å². The fraction of sp³-hybridized carbons (Fsp3) is 0.235. The molecule has 0 fully saturated rings. The van der Waals surface area contributed by atoms with Crippen LogP contribution in [0.4, 0.5) is 5.69 Å². The number of nitrogens with one attached hydrogen (secondary N) is 1. The molecular formula is C17H19NO3S. The predicted octanol–water partition coefficient (Wildman–Crippen LogP) is 2.80. The molecular weight excluding hydrogens is 298 g/mol. The number of rotatable bonds is 6. The Hall–Kier alpha value is -2.14. The lowest BCUT2D eigenvalue weighted by molar-refractivity contribution is -0.113. The van der Waals surface area contributed by atoms with Crippen LogP contribution in [0.3, 0.4) is 0 Å². The normalized spacial score (nSPS) is 11.1. The highest BCUT2D eigenvalue weighted by molar-refractivity contribution is 7.91. The summed E-state index contributed by atoms with van der Waals surface area (Å²) < 4.78 is 24.2. The summed E-state index contributed by atoms with van der Waals surface area (Å²) in [5, 5.41) is 2.69. The Morgan fingerprint density at radius 3 is 2.32 bits per heavy atom. The summed E-state index contributed by atoms with van der Waals surface area (Å²) in [5.41, 5.74) is 2.34. The zero-order valence-corrected chi connectivity index (χ0v) is 13.3. The fourth-order valence-corrected chi connectivity index (χ4v) is 3.49.